The fourth-order valence-corrected chi connectivity index (χ4v) is 3.48. The van der Waals surface area contributed by atoms with Gasteiger partial charge >= 0.3 is 0 Å². The van der Waals surface area contributed by atoms with Gasteiger partial charge in [-0.25, -0.2) is 4.98 Å². The van der Waals surface area contributed by atoms with Gasteiger partial charge in [-0.05, 0) is 31.5 Å². The van der Waals surface area contributed by atoms with Crippen LogP contribution in [-0.2, 0) is 0 Å². The first-order valence-corrected chi connectivity index (χ1v) is 9.06. The van der Waals surface area contributed by atoms with E-state index in [2.05, 4.69) is 20.2 Å². The monoisotopic (exact) mass is 375 g/mol. The third kappa shape index (κ3) is 2.92. The molecule has 4 heterocycles. The number of fused-ring (bicyclic) bond motifs is 1. The molecule has 1 aromatic carbocycles. The lowest BCUT2D eigenvalue weighted by atomic mass is 10.1. The summed E-state index contributed by atoms with van der Waals surface area (Å²) in [4.78, 5) is 22.8. The SMILES string of the molecule is Cc1ccc2oc(C(=O)N3CC[C@H](c4nnc(-c5cnccn5)o4)C3)cc2c1. The summed E-state index contributed by atoms with van der Waals surface area (Å²) in [6.07, 6.45) is 5.49. The normalized spacial score (nSPS) is 16.8. The summed E-state index contributed by atoms with van der Waals surface area (Å²) in [5.41, 5.74) is 2.38. The molecule has 8 heteroatoms. The van der Waals surface area contributed by atoms with Crippen LogP contribution in [-0.4, -0.2) is 44.1 Å². The van der Waals surface area contributed by atoms with Crippen molar-refractivity contribution in [1.29, 1.82) is 0 Å². The van der Waals surface area contributed by atoms with Crippen molar-refractivity contribution in [3.05, 3.63) is 60.1 Å². The Balaban J connectivity index is 1.32. The number of hydrogen-bond donors (Lipinski definition) is 0. The van der Waals surface area contributed by atoms with Gasteiger partial charge in [-0.3, -0.25) is 9.78 Å². The maximum Gasteiger partial charge on any atom is 0.289 e. The molecule has 0 aliphatic carbocycles. The first-order valence-electron chi connectivity index (χ1n) is 9.06. The van der Waals surface area contributed by atoms with Gasteiger partial charge in [0.25, 0.3) is 11.8 Å². The van der Waals surface area contributed by atoms with Crippen LogP contribution in [0.15, 0.2) is 51.7 Å². The molecule has 1 aliphatic rings. The highest BCUT2D eigenvalue weighted by molar-refractivity contribution is 5.96. The average molecular weight is 375 g/mol. The minimum atomic E-state index is -0.120. The van der Waals surface area contributed by atoms with Gasteiger partial charge in [-0.1, -0.05) is 11.6 Å². The predicted octanol–water partition coefficient (Wildman–Crippen LogP) is 3.21. The molecule has 1 aliphatic heterocycles. The van der Waals surface area contributed by atoms with Gasteiger partial charge in [0.15, 0.2) is 5.76 Å². The number of hydrogen-bond acceptors (Lipinski definition) is 7. The Morgan fingerprint density at radius 2 is 2.11 bits per heavy atom. The zero-order valence-electron chi connectivity index (χ0n) is 15.2. The number of benzene rings is 1. The number of carbonyl (C=O) groups is 1. The van der Waals surface area contributed by atoms with Crippen molar-refractivity contribution in [2.75, 3.05) is 13.1 Å². The van der Waals surface area contributed by atoms with Crippen molar-refractivity contribution in [3.63, 3.8) is 0 Å². The van der Waals surface area contributed by atoms with E-state index in [-0.39, 0.29) is 11.8 Å². The number of aromatic nitrogens is 4. The Morgan fingerprint density at radius 1 is 1.18 bits per heavy atom. The molecule has 0 unspecified atom stereocenters. The number of amides is 1. The summed E-state index contributed by atoms with van der Waals surface area (Å²) in [6.45, 7) is 3.14. The van der Waals surface area contributed by atoms with Crippen LogP contribution in [0, 0.1) is 6.92 Å². The Hall–Kier alpha value is -3.55. The molecule has 3 aromatic heterocycles. The van der Waals surface area contributed by atoms with Crippen LogP contribution in [0.2, 0.25) is 0 Å². The van der Waals surface area contributed by atoms with Crippen molar-refractivity contribution < 1.29 is 13.6 Å². The molecule has 1 fully saturated rings. The van der Waals surface area contributed by atoms with Crippen molar-refractivity contribution in [1.82, 2.24) is 25.1 Å². The molecule has 1 saturated heterocycles. The number of carbonyl (C=O) groups excluding carboxylic acids is 1. The van der Waals surface area contributed by atoms with E-state index in [1.165, 1.54) is 0 Å². The van der Waals surface area contributed by atoms with Gasteiger partial charge in [-0.15, -0.1) is 10.2 Å². The molecule has 8 nitrogen and oxygen atoms in total. The van der Waals surface area contributed by atoms with Crippen molar-refractivity contribution >= 4 is 16.9 Å². The number of likely N-dealkylation sites (tertiary alicyclic amines) is 1. The third-order valence-electron chi connectivity index (χ3n) is 4.93. The van der Waals surface area contributed by atoms with Crippen LogP contribution in [0.5, 0.6) is 0 Å². The van der Waals surface area contributed by atoms with E-state index in [1.54, 1.807) is 29.6 Å². The highest BCUT2D eigenvalue weighted by Crippen LogP contribution is 2.30. The summed E-state index contributed by atoms with van der Waals surface area (Å²) < 4.78 is 11.5. The minimum absolute atomic E-state index is 0.00602. The van der Waals surface area contributed by atoms with E-state index >= 15 is 0 Å². The zero-order chi connectivity index (χ0) is 19.1. The summed E-state index contributed by atoms with van der Waals surface area (Å²) in [5, 5.41) is 9.13. The predicted molar refractivity (Wildman–Crippen MR) is 99.5 cm³/mol. The smallest absolute Gasteiger partial charge is 0.289 e. The molecule has 0 bridgehead atoms. The van der Waals surface area contributed by atoms with E-state index < -0.39 is 0 Å². The summed E-state index contributed by atoms with van der Waals surface area (Å²) in [7, 11) is 0. The quantitative estimate of drug-likeness (QED) is 0.542. The Morgan fingerprint density at radius 3 is 2.96 bits per heavy atom. The first-order chi connectivity index (χ1) is 13.7. The van der Waals surface area contributed by atoms with Crippen LogP contribution in [0.25, 0.3) is 22.6 Å². The molecular formula is C20H17N5O3. The molecule has 0 saturated carbocycles. The van der Waals surface area contributed by atoms with Crippen LogP contribution >= 0.6 is 0 Å². The van der Waals surface area contributed by atoms with E-state index in [0.29, 0.717) is 36.3 Å². The largest absolute Gasteiger partial charge is 0.451 e. The van der Waals surface area contributed by atoms with E-state index in [1.807, 2.05) is 25.1 Å². The average Bonchev–Trinajstić information content (AvgIpc) is 3.46. The fourth-order valence-electron chi connectivity index (χ4n) is 3.48. The molecule has 5 rings (SSSR count). The lowest BCUT2D eigenvalue weighted by Crippen LogP contribution is -2.28. The minimum Gasteiger partial charge on any atom is -0.451 e. The van der Waals surface area contributed by atoms with Gasteiger partial charge in [0, 0.05) is 30.9 Å². The summed E-state index contributed by atoms with van der Waals surface area (Å²) >= 11 is 0. The number of furan rings is 1. The molecular weight excluding hydrogens is 358 g/mol. The first kappa shape index (κ1) is 16.6. The Labute approximate surface area is 160 Å². The van der Waals surface area contributed by atoms with Crippen LogP contribution in [0.1, 0.15) is 34.3 Å². The fraction of sp³-hybridized carbons (Fsp3) is 0.250. The topological polar surface area (TPSA) is 98.2 Å². The molecule has 4 aromatic rings. The molecule has 0 radical (unpaired) electrons. The lowest BCUT2D eigenvalue weighted by molar-refractivity contribution is 0.0760. The van der Waals surface area contributed by atoms with E-state index in [4.69, 9.17) is 8.83 Å². The van der Waals surface area contributed by atoms with Gasteiger partial charge in [-0.2, -0.15) is 0 Å². The van der Waals surface area contributed by atoms with E-state index in [0.717, 1.165) is 23.0 Å². The maximum atomic E-state index is 12.9. The molecule has 0 N–H and O–H groups in total. The number of nitrogens with zero attached hydrogens (tertiary/aromatic N) is 5. The summed E-state index contributed by atoms with van der Waals surface area (Å²) in [5.74, 6) is 1.07. The second kappa shape index (κ2) is 6.56. The molecule has 1 atom stereocenters. The molecule has 140 valence electrons. The van der Waals surface area contributed by atoms with Gasteiger partial charge in [0.2, 0.25) is 5.89 Å². The van der Waals surface area contributed by atoms with Crippen molar-refractivity contribution in [2.24, 2.45) is 0 Å². The van der Waals surface area contributed by atoms with Gasteiger partial charge in [0.05, 0.1) is 12.1 Å². The van der Waals surface area contributed by atoms with Gasteiger partial charge in [0.1, 0.15) is 11.3 Å². The van der Waals surface area contributed by atoms with Gasteiger partial charge < -0.3 is 13.7 Å². The third-order valence-corrected chi connectivity index (χ3v) is 4.93. The molecule has 1 amide bonds. The van der Waals surface area contributed by atoms with Crippen LogP contribution in [0.3, 0.4) is 0 Å². The Kier molecular flexibility index (Phi) is 3.89. The Bertz CT molecular complexity index is 1150. The second-order valence-corrected chi connectivity index (χ2v) is 6.92. The lowest BCUT2D eigenvalue weighted by Gasteiger charge is -2.13. The highest BCUT2D eigenvalue weighted by atomic mass is 16.4. The number of rotatable bonds is 3. The molecule has 28 heavy (non-hydrogen) atoms. The van der Waals surface area contributed by atoms with Crippen LogP contribution < -0.4 is 0 Å². The van der Waals surface area contributed by atoms with E-state index in [9.17, 15) is 4.79 Å². The zero-order valence-corrected chi connectivity index (χ0v) is 15.2. The summed E-state index contributed by atoms with van der Waals surface area (Å²) in [6, 6.07) is 7.67. The standard InChI is InChI=1S/C20H17N5O3/c1-12-2-3-16-14(8-12)9-17(27-16)20(26)25-7-4-13(11-25)18-23-24-19(28-18)15-10-21-5-6-22-15/h2-3,5-6,8-10,13H,4,7,11H2,1H3/t13-/m0/s1. The number of aryl methyl sites for hydroxylation is 1. The highest BCUT2D eigenvalue weighted by Gasteiger charge is 2.32. The van der Waals surface area contributed by atoms with Crippen LogP contribution in [0.4, 0.5) is 0 Å². The second-order valence-electron chi connectivity index (χ2n) is 6.92. The van der Waals surface area contributed by atoms with Crippen molar-refractivity contribution in [3.8, 4) is 11.6 Å². The van der Waals surface area contributed by atoms with Crippen molar-refractivity contribution in [2.45, 2.75) is 19.3 Å². The molecule has 0 spiro atoms. The maximum absolute atomic E-state index is 12.9.